The number of ether oxygens (including phenoxy) is 2. The summed E-state index contributed by atoms with van der Waals surface area (Å²) in [5, 5.41) is 4.43. The molecular formula is C26H24F4N6O3. The minimum atomic E-state index is -4.92. The minimum absolute atomic E-state index is 0.118. The van der Waals surface area contributed by atoms with Gasteiger partial charge in [0.1, 0.15) is 28.6 Å². The Morgan fingerprint density at radius 2 is 1.90 bits per heavy atom. The molecule has 1 aliphatic heterocycles. The van der Waals surface area contributed by atoms with E-state index in [1.165, 1.54) is 19.2 Å². The van der Waals surface area contributed by atoms with Crippen LogP contribution in [0, 0.1) is 5.82 Å². The molecule has 9 nitrogen and oxygen atoms in total. The molecule has 0 amide bonds. The number of halogens is 4. The van der Waals surface area contributed by atoms with Gasteiger partial charge in [-0.1, -0.05) is 0 Å². The van der Waals surface area contributed by atoms with Crippen molar-refractivity contribution in [3.8, 4) is 17.0 Å². The van der Waals surface area contributed by atoms with Crippen molar-refractivity contribution in [1.29, 1.82) is 0 Å². The van der Waals surface area contributed by atoms with Gasteiger partial charge in [0.15, 0.2) is 5.52 Å². The van der Waals surface area contributed by atoms with E-state index in [0.29, 0.717) is 30.1 Å². The second-order valence-electron chi connectivity index (χ2n) is 9.84. The third-order valence-corrected chi connectivity index (χ3v) is 7.19. The van der Waals surface area contributed by atoms with Gasteiger partial charge in [0.2, 0.25) is 5.82 Å². The van der Waals surface area contributed by atoms with Crippen LogP contribution in [0.2, 0.25) is 0 Å². The topological polar surface area (TPSA) is 97.0 Å². The van der Waals surface area contributed by atoms with E-state index >= 15 is 4.39 Å². The molecule has 0 N–H and O–H groups in total. The lowest BCUT2D eigenvalue weighted by atomic mass is 9.92. The molecule has 1 saturated heterocycles. The number of rotatable bonds is 5. The summed E-state index contributed by atoms with van der Waals surface area (Å²) in [5.74, 6) is -2.08. The summed E-state index contributed by atoms with van der Waals surface area (Å²) >= 11 is 0. The molecule has 0 radical (unpaired) electrons. The highest BCUT2D eigenvalue weighted by Crippen LogP contribution is 2.40. The van der Waals surface area contributed by atoms with Crippen LogP contribution in [0.1, 0.15) is 61.0 Å². The van der Waals surface area contributed by atoms with Gasteiger partial charge in [0.05, 0.1) is 25.5 Å². The Bertz CT molecular complexity index is 1630. The number of hydrogen-bond donors (Lipinski definition) is 0. The maximum atomic E-state index is 15.2. The zero-order chi connectivity index (χ0) is 27.5. The SMILES string of the molecule is COc1ccc(-c2nc([C@@H]3CCO[C@H](c4cnn(C5CC5)c4)C3)nc3c(=O)n(C)c(C(F)(F)F)nc23)c(F)c1. The van der Waals surface area contributed by atoms with Crippen molar-refractivity contribution in [3.05, 3.63) is 64.0 Å². The van der Waals surface area contributed by atoms with Crippen LogP contribution in [-0.4, -0.2) is 43.0 Å². The minimum Gasteiger partial charge on any atom is -0.497 e. The quantitative estimate of drug-likeness (QED) is 0.336. The lowest BCUT2D eigenvalue weighted by Gasteiger charge is -2.28. The van der Waals surface area contributed by atoms with Crippen molar-refractivity contribution >= 4 is 11.0 Å². The Morgan fingerprint density at radius 1 is 1.10 bits per heavy atom. The van der Waals surface area contributed by atoms with Crippen LogP contribution in [0.4, 0.5) is 17.6 Å². The van der Waals surface area contributed by atoms with Crippen LogP contribution in [0.5, 0.6) is 5.75 Å². The van der Waals surface area contributed by atoms with Gasteiger partial charge in [-0.05, 0) is 37.8 Å². The number of nitrogens with zero attached hydrogens (tertiary/aromatic N) is 6. The van der Waals surface area contributed by atoms with Crippen molar-refractivity contribution in [3.63, 3.8) is 0 Å². The van der Waals surface area contributed by atoms with Gasteiger partial charge in [0, 0.05) is 43.0 Å². The van der Waals surface area contributed by atoms with Crippen LogP contribution in [0.15, 0.2) is 35.4 Å². The van der Waals surface area contributed by atoms with Gasteiger partial charge in [-0.3, -0.25) is 14.0 Å². The van der Waals surface area contributed by atoms with Crippen LogP contribution in [0.25, 0.3) is 22.3 Å². The molecule has 3 aromatic heterocycles. The van der Waals surface area contributed by atoms with E-state index in [2.05, 4.69) is 20.1 Å². The first kappa shape index (κ1) is 25.4. The van der Waals surface area contributed by atoms with Crippen molar-refractivity contribution < 1.29 is 27.0 Å². The van der Waals surface area contributed by atoms with E-state index in [0.717, 1.165) is 31.5 Å². The van der Waals surface area contributed by atoms with Gasteiger partial charge < -0.3 is 9.47 Å². The molecule has 2 atom stereocenters. The van der Waals surface area contributed by atoms with Gasteiger partial charge in [0.25, 0.3) is 5.56 Å². The molecule has 2 aliphatic rings. The predicted molar refractivity (Wildman–Crippen MR) is 131 cm³/mol. The number of hydrogen-bond acceptors (Lipinski definition) is 7. The number of methoxy groups -OCH3 is 1. The lowest BCUT2D eigenvalue weighted by Crippen LogP contribution is -2.29. The highest BCUT2D eigenvalue weighted by molar-refractivity contribution is 5.88. The maximum absolute atomic E-state index is 15.2. The molecule has 1 saturated carbocycles. The van der Waals surface area contributed by atoms with E-state index < -0.39 is 28.9 Å². The molecule has 2 fully saturated rings. The molecule has 0 unspecified atom stereocenters. The first-order chi connectivity index (χ1) is 18.6. The molecule has 6 rings (SSSR count). The molecule has 1 aliphatic carbocycles. The third-order valence-electron chi connectivity index (χ3n) is 7.19. The van der Waals surface area contributed by atoms with Gasteiger partial charge in [-0.25, -0.2) is 19.3 Å². The van der Waals surface area contributed by atoms with Crippen LogP contribution in [-0.2, 0) is 18.0 Å². The summed E-state index contributed by atoms with van der Waals surface area (Å²) in [6.45, 7) is 0.376. The highest BCUT2D eigenvalue weighted by atomic mass is 19.4. The number of aromatic nitrogens is 6. The fraction of sp³-hybridized carbons (Fsp3) is 0.423. The summed E-state index contributed by atoms with van der Waals surface area (Å²) in [5.41, 5.74) is -1.14. The summed E-state index contributed by atoms with van der Waals surface area (Å²) in [7, 11) is 2.35. The zero-order valence-corrected chi connectivity index (χ0v) is 21.1. The second-order valence-corrected chi connectivity index (χ2v) is 9.84. The normalized spacial score (nSPS) is 19.9. The Morgan fingerprint density at radius 3 is 2.59 bits per heavy atom. The lowest BCUT2D eigenvalue weighted by molar-refractivity contribution is -0.147. The second kappa shape index (κ2) is 9.40. The van der Waals surface area contributed by atoms with E-state index in [9.17, 15) is 18.0 Å². The summed E-state index contributed by atoms with van der Waals surface area (Å²) in [6, 6.07) is 4.30. The molecule has 4 aromatic rings. The number of benzene rings is 1. The van der Waals surface area contributed by atoms with E-state index in [4.69, 9.17) is 9.47 Å². The Kier molecular flexibility index (Phi) is 6.12. The number of fused-ring (bicyclic) bond motifs is 1. The summed E-state index contributed by atoms with van der Waals surface area (Å²) in [4.78, 5) is 25.8. The van der Waals surface area contributed by atoms with Gasteiger partial charge in [-0.2, -0.15) is 18.3 Å². The maximum Gasteiger partial charge on any atom is 0.449 e. The van der Waals surface area contributed by atoms with Crippen molar-refractivity contribution in [1.82, 2.24) is 29.3 Å². The highest BCUT2D eigenvalue weighted by Gasteiger charge is 2.38. The molecule has 4 heterocycles. The Balaban J connectivity index is 1.48. The predicted octanol–water partition coefficient (Wildman–Crippen LogP) is 4.72. The van der Waals surface area contributed by atoms with E-state index in [-0.39, 0.29) is 40.4 Å². The smallest absolute Gasteiger partial charge is 0.449 e. The molecule has 39 heavy (non-hydrogen) atoms. The zero-order valence-electron chi connectivity index (χ0n) is 21.1. The molecule has 1 aromatic carbocycles. The van der Waals surface area contributed by atoms with Crippen LogP contribution < -0.4 is 10.3 Å². The summed E-state index contributed by atoms with van der Waals surface area (Å²) in [6.07, 6.45) is 1.65. The van der Waals surface area contributed by atoms with Crippen LogP contribution in [0.3, 0.4) is 0 Å². The standard InChI is InChI=1S/C26H24F4N6O3/c1-35-24(37)22-21(34-25(35)26(28,29)30)20(17-6-5-16(38-2)10-18(17)27)32-23(33-22)13-7-8-39-19(9-13)14-11-31-36(12-14)15-3-4-15/h5-6,10-13,15,19H,3-4,7-9H2,1-2H3/t13-,19+/m1/s1. The van der Waals surface area contributed by atoms with Crippen molar-refractivity contribution in [2.24, 2.45) is 7.05 Å². The van der Waals surface area contributed by atoms with E-state index in [1.807, 2.05) is 10.9 Å². The van der Waals surface area contributed by atoms with Crippen LogP contribution >= 0.6 is 0 Å². The molecule has 0 spiro atoms. The first-order valence-corrected chi connectivity index (χ1v) is 12.5. The molecule has 204 valence electrons. The fourth-order valence-electron chi connectivity index (χ4n) is 4.92. The summed E-state index contributed by atoms with van der Waals surface area (Å²) < 4.78 is 69.7. The van der Waals surface area contributed by atoms with Crippen molar-refractivity contribution in [2.45, 2.75) is 49.9 Å². The molecular weight excluding hydrogens is 520 g/mol. The third kappa shape index (κ3) is 4.64. The largest absolute Gasteiger partial charge is 0.497 e. The Hall–Kier alpha value is -3.87. The number of alkyl halides is 3. The molecule has 0 bridgehead atoms. The average Bonchev–Trinajstić information content (AvgIpc) is 3.65. The van der Waals surface area contributed by atoms with E-state index in [1.54, 1.807) is 6.20 Å². The monoisotopic (exact) mass is 544 g/mol. The fourth-order valence-corrected chi connectivity index (χ4v) is 4.92. The molecule has 13 heteroatoms. The van der Waals surface area contributed by atoms with Gasteiger partial charge in [-0.15, -0.1) is 0 Å². The average molecular weight is 545 g/mol. The Labute approximate surface area is 219 Å². The van der Waals surface area contributed by atoms with Crippen molar-refractivity contribution in [2.75, 3.05) is 13.7 Å². The first-order valence-electron chi connectivity index (χ1n) is 12.5. The van der Waals surface area contributed by atoms with Gasteiger partial charge >= 0.3 is 6.18 Å².